The second-order valence-corrected chi connectivity index (χ2v) is 8.32. The van der Waals surface area contributed by atoms with Gasteiger partial charge in [-0.05, 0) is 48.4 Å². The Morgan fingerprint density at radius 2 is 2.00 bits per heavy atom. The number of halogens is 1. The summed E-state index contributed by atoms with van der Waals surface area (Å²) in [6.45, 7) is 3.14. The second kappa shape index (κ2) is 8.21. The number of hydrogen-bond acceptors (Lipinski definition) is 5. The fourth-order valence-electron chi connectivity index (χ4n) is 3.65. The first-order chi connectivity index (χ1) is 15.1. The summed E-state index contributed by atoms with van der Waals surface area (Å²) in [5.74, 6) is 1.93. The smallest absolute Gasteiger partial charge is 0.231 e. The number of ether oxygens (including phenoxy) is 4. The summed E-state index contributed by atoms with van der Waals surface area (Å²) < 4.78 is 23.7. The molecule has 2 aliphatic heterocycles. The number of rotatable bonds is 4. The summed E-state index contributed by atoms with van der Waals surface area (Å²) in [6, 6.07) is 17.2. The van der Waals surface area contributed by atoms with E-state index in [1.54, 1.807) is 24.3 Å². The molecule has 0 aromatic heterocycles. The fourth-order valence-corrected chi connectivity index (χ4v) is 4.17. The van der Waals surface area contributed by atoms with Gasteiger partial charge in [-0.25, -0.2) is 0 Å². The normalized spacial score (nSPS) is 15.8. The van der Waals surface area contributed by atoms with Gasteiger partial charge in [-0.1, -0.05) is 40.2 Å². The van der Waals surface area contributed by atoms with Crippen LogP contribution in [0.15, 0.2) is 64.8 Å². The van der Waals surface area contributed by atoms with Gasteiger partial charge in [0.1, 0.15) is 23.9 Å². The van der Waals surface area contributed by atoms with Crippen LogP contribution in [0, 0.1) is 6.92 Å². The Labute approximate surface area is 188 Å². The molecule has 0 spiro atoms. The zero-order valence-electron chi connectivity index (χ0n) is 16.8. The van der Waals surface area contributed by atoms with Gasteiger partial charge in [0.2, 0.25) is 5.78 Å². The van der Waals surface area contributed by atoms with Crippen molar-refractivity contribution in [3.05, 3.63) is 92.6 Å². The third kappa shape index (κ3) is 3.96. The number of hydrogen-bond donors (Lipinski definition) is 0. The number of Topliss-reactive ketones (excluding diaryl/α,β-unsaturated/α-hetero) is 1. The van der Waals surface area contributed by atoms with E-state index in [4.69, 9.17) is 18.9 Å². The molecule has 0 saturated heterocycles. The number of allylic oxidation sites excluding steroid dienone is 1. The van der Waals surface area contributed by atoms with Gasteiger partial charge in [0, 0.05) is 21.7 Å². The van der Waals surface area contributed by atoms with Crippen molar-refractivity contribution in [2.75, 3.05) is 6.79 Å². The van der Waals surface area contributed by atoms with Crippen LogP contribution >= 0.6 is 15.9 Å². The molecule has 2 aliphatic rings. The highest BCUT2D eigenvalue weighted by atomic mass is 79.9. The first-order valence-electron chi connectivity index (χ1n) is 9.87. The van der Waals surface area contributed by atoms with Gasteiger partial charge in [0.15, 0.2) is 12.6 Å². The summed E-state index contributed by atoms with van der Waals surface area (Å²) in [5, 5.41) is 0. The Bertz CT molecular complexity index is 1210. The van der Waals surface area contributed by atoms with E-state index in [-0.39, 0.29) is 18.3 Å². The van der Waals surface area contributed by atoms with Crippen LogP contribution in [0.2, 0.25) is 0 Å². The molecule has 0 bridgehead atoms. The Morgan fingerprint density at radius 3 is 2.87 bits per heavy atom. The number of carbonyl (C=O) groups excluding carboxylic acids is 1. The van der Waals surface area contributed by atoms with E-state index in [0.717, 1.165) is 21.2 Å². The molecular formula is C25H19BrO5. The lowest BCUT2D eigenvalue weighted by atomic mass is 10.1. The average molecular weight is 479 g/mol. The molecule has 0 aliphatic carbocycles. The summed E-state index contributed by atoms with van der Waals surface area (Å²) in [4.78, 5) is 12.9. The molecule has 0 radical (unpaired) electrons. The third-order valence-electron chi connectivity index (χ3n) is 5.29. The average Bonchev–Trinajstić information content (AvgIpc) is 3.07. The summed E-state index contributed by atoms with van der Waals surface area (Å²) in [6.07, 6.45) is 1.71. The largest absolute Gasteiger partial charge is 0.489 e. The molecule has 0 unspecified atom stereocenters. The summed E-state index contributed by atoms with van der Waals surface area (Å²) in [5.41, 5.74) is 4.49. The van der Waals surface area contributed by atoms with Crippen molar-refractivity contribution in [1.29, 1.82) is 0 Å². The SMILES string of the molecule is Cc1ccccc1COc1ccc2c(c1)OC(=Cc1cc(Br)cc3c1OCOC3)C2=O. The predicted molar refractivity (Wildman–Crippen MR) is 119 cm³/mol. The molecule has 5 nitrogen and oxygen atoms in total. The van der Waals surface area contributed by atoms with E-state index in [2.05, 4.69) is 28.9 Å². The first-order valence-corrected chi connectivity index (χ1v) is 10.7. The van der Waals surface area contributed by atoms with Crippen molar-refractivity contribution < 1.29 is 23.7 Å². The lowest BCUT2D eigenvalue weighted by Gasteiger charge is -2.20. The monoisotopic (exact) mass is 478 g/mol. The number of aryl methyl sites for hydroxylation is 1. The molecule has 6 heteroatoms. The van der Waals surface area contributed by atoms with Gasteiger partial charge in [-0.3, -0.25) is 4.79 Å². The zero-order valence-corrected chi connectivity index (χ0v) is 18.4. The van der Waals surface area contributed by atoms with Crippen molar-refractivity contribution >= 4 is 27.8 Å². The molecule has 156 valence electrons. The Morgan fingerprint density at radius 1 is 1.13 bits per heavy atom. The van der Waals surface area contributed by atoms with Gasteiger partial charge >= 0.3 is 0 Å². The molecule has 3 aromatic rings. The zero-order chi connectivity index (χ0) is 21.4. The minimum Gasteiger partial charge on any atom is -0.489 e. The quantitative estimate of drug-likeness (QED) is 0.442. The Kier molecular flexibility index (Phi) is 5.26. The number of benzene rings is 3. The lowest BCUT2D eigenvalue weighted by molar-refractivity contribution is -0.0165. The first kappa shape index (κ1) is 19.8. The fraction of sp³-hybridized carbons (Fsp3) is 0.160. The Balaban J connectivity index is 1.39. The van der Waals surface area contributed by atoms with Crippen molar-refractivity contribution in [2.45, 2.75) is 20.1 Å². The van der Waals surface area contributed by atoms with E-state index in [1.807, 2.05) is 30.3 Å². The van der Waals surface area contributed by atoms with Gasteiger partial charge in [0.25, 0.3) is 0 Å². The highest BCUT2D eigenvalue weighted by Gasteiger charge is 2.28. The van der Waals surface area contributed by atoms with Crippen molar-refractivity contribution in [3.63, 3.8) is 0 Å². The van der Waals surface area contributed by atoms with E-state index < -0.39 is 0 Å². The van der Waals surface area contributed by atoms with Gasteiger partial charge in [0.05, 0.1) is 12.2 Å². The molecule has 0 amide bonds. The molecule has 0 saturated carbocycles. The van der Waals surface area contributed by atoms with Gasteiger partial charge in [-0.15, -0.1) is 0 Å². The van der Waals surface area contributed by atoms with Crippen LogP contribution in [0.1, 0.15) is 32.6 Å². The molecule has 31 heavy (non-hydrogen) atoms. The Hall–Kier alpha value is -3.09. The van der Waals surface area contributed by atoms with Crippen molar-refractivity contribution in [2.24, 2.45) is 0 Å². The van der Waals surface area contributed by atoms with E-state index in [9.17, 15) is 4.79 Å². The minimum absolute atomic E-state index is 0.166. The standard InChI is InChI=1S/C25H19BrO5/c1-15-4-2-3-5-16(15)13-29-20-6-7-21-22(11-20)31-23(24(21)27)10-17-8-19(26)9-18-12-28-14-30-25(17)18/h2-11H,12-14H2,1H3. The van der Waals surface area contributed by atoms with Crippen LogP contribution in [-0.2, 0) is 18.0 Å². The molecule has 0 fully saturated rings. The number of carbonyl (C=O) groups is 1. The third-order valence-corrected chi connectivity index (χ3v) is 5.74. The molecule has 0 atom stereocenters. The van der Waals surface area contributed by atoms with E-state index >= 15 is 0 Å². The molecule has 3 aromatic carbocycles. The maximum atomic E-state index is 12.9. The van der Waals surface area contributed by atoms with Crippen molar-refractivity contribution in [1.82, 2.24) is 0 Å². The van der Waals surface area contributed by atoms with Crippen LogP contribution in [0.25, 0.3) is 6.08 Å². The second-order valence-electron chi connectivity index (χ2n) is 7.41. The van der Waals surface area contributed by atoms with Gasteiger partial charge < -0.3 is 18.9 Å². The maximum absolute atomic E-state index is 12.9. The minimum atomic E-state index is -0.166. The topological polar surface area (TPSA) is 54.0 Å². The van der Waals surface area contributed by atoms with E-state index in [0.29, 0.717) is 36.0 Å². The predicted octanol–water partition coefficient (Wildman–Crippen LogP) is 5.82. The number of fused-ring (bicyclic) bond motifs is 2. The lowest BCUT2D eigenvalue weighted by Crippen LogP contribution is -2.12. The van der Waals surface area contributed by atoms with Crippen LogP contribution in [0.3, 0.4) is 0 Å². The van der Waals surface area contributed by atoms with E-state index in [1.165, 1.54) is 5.56 Å². The van der Waals surface area contributed by atoms with Crippen molar-refractivity contribution in [3.8, 4) is 17.2 Å². The highest BCUT2D eigenvalue weighted by Crippen LogP contribution is 2.38. The highest BCUT2D eigenvalue weighted by molar-refractivity contribution is 9.10. The number of ketones is 1. The molecule has 0 N–H and O–H groups in total. The van der Waals surface area contributed by atoms with Crippen LogP contribution in [0.4, 0.5) is 0 Å². The van der Waals surface area contributed by atoms with Crippen LogP contribution in [-0.4, -0.2) is 12.6 Å². The molecular weight excluding hydrogens is 460 g/mol. The summed E-state index contributed by atoms with van der Waals surface area (Å²) >= 11 is 3.50. The maximum Gasteiger partial charge on any atom is 0.231 e. The molecule has 5 rings (SSSR count). The molecule has 2 heterocycles. The van der Waals surface area contributed by atoms with Crippen LogP contribution in [0.5, 0.6) is 17.2 Å². The summed E-state index contributed by atoms with van der Waals surface area (Å²) in [7, 11) is 0. The van der Waals surface area contributed by atoms with Crippen LogP contribution < -0.4 is 14.2 Å². The van der Waals surface area contributed by atoms with Gasteiger partial charge in [-0.2, -0.15) is 0 Å².